The van der Waals surface area contributed by atoms with Gasteiger partial charge in [-0.2, -0.15) is 0 Å². The van der Waals surface area contributed by atoms with Crippen molar-refractivity contribution in [3.05, 3.63) is 36.0 Å². The van der Waals surface area contributed by atoms with Crippen LogP contribution in [0.25, 0.3) is 0 Å². The number of unbranched alkanes of at least 4 members (excludes halogenated alkanes) is 1. The standard InChI is InChI=1S/C12H18O4.C3H4O2/c1-3-5-6-10(12(15)16)8-7-9(4-2)11(13)14;1-2-3(4)5/h7-8H,3-6H2,1-2H3,(H,13,14)(H,15,16);2H,1H2,(H,4,5). The van der Waals surface area contributed by atoms with E-state index in [-0.39, 0.29) is 11.1 Å². The van der Waals surface area contributed by atoms with Gasteiger partial charge in [0.2, 0.25) is 0 Å². The molecule has 0 aromatic heterocycles. The molecule has 0 spiro atoms. The van der Waals surface area contributed by atoms with Crippen molar-refractivity contribution in [2.75, 3.05) is 0 Å². The smallest absolute Gasteiger partial charge is 0.331 e. The van der Waals surface area contributed by atoms with Crippen LogP contribution >= 0.6 is 0 Å². The molecule has 0 saturated heterocycles. The molecule has 0 bridgehead atoms. The highest BCUT2D eigenvalue weighted by Gasteiger charge is 2.07. The fourth-order valence-corrected chi connectivity index (χ4v) is 1.17. The van der Waals surface area contributed by atoms with E-state index in [1.165, 1.54) is 12.2 Å². The van der Waals surface area contributed by atoms with Crippen molar-refractivity contribution < 1.29 is 29.7 Å². The van der Waals surface area contributed by atoms with Crippen molar-refractivity contribution in [1.29, 1.82) is 0 Å². The van der Waals surface area contributed by atoms with Gasteiger partial charge in [0.05, 0.1) is 0 Å². The summed E-state index contributed by atoms with van der Waals surface area (Å²) in [4.78, 5) is 30.8. The summed E-state index contributed by atoms with van der Waals surface area (Å²) < 4.78 is 0. The van der Waals surface area contributed by atoms with E-state index in [9.17, 15) is 14.4 Å². The summed E-state index contributed by atoms with van der Waals surface area (Å²) in [6.45, 7) is 6.66. The molecular weight excluding hydrogens is 276 g/mol. The molecule has 0 saturated carbocycles. The van der Waals surface area contributed by atoms with E-state index in [4.69, 9.17) is 15.3 Å². The summed E-state index contributed by atoms with van der Waals surface area (Å²) in [6.07, 6.45) is 6.16. The highest BCUT2D eigenvalue weighted by Crippen LogP contribution is 2.09. The first-order valence-electron chi connectivity index (χ1n) is 6.51. The van der Waals surface area contributed by atoms with Crippen molar-refractivity contribution >= 4 is 17.9 Å². The first-order chi connectivity index (χ1) is 9.79. The zero-order valence-corrected chi connectivity index (χ0v) is 12.3. The Morgan fingerprint density at radius 2 is 1.38 bits per heavy atom. The van der Waals surface area contributed by atoms with E-state index in [1.807, 2.05) is 6.92 Å². The number of carboxylic acid groups (broad SMARTS) is 3. The molecule has 0 amide bonds. The highest BCUT2D eigenvalue weighted by atomic mass is 16.4. The molecule has 0 atom stereocenters. The summed E-state index contributed by atoms with van der Waals surface area (Å²) in [7, 11) is 0. The Morgan fingerprint density at radius 3 is 1.67 bits per heavy atom. The lowest BCUT2D eigenvalue weighted by molar-refractivity contribution is -0.133. The topological polar surface area (TPSA) is 112 Å². The van der Waals surface area contributed by atoms with E-state index in [0.29, 0.717) is 12.8 Å². The van der Waals surface area contributed by atoms with Gasteiger partial charge in [-0.15, -0.1) is 0 Å². The van der Waals surface area contributed by atoms with Crippen LogP contribution in [0, 0.1) is 0 Å². The van der Waals surface area contributed by atoms with Gasteiger partial charge in [-0.3, -0.25) is 0 Å². The van der Waals surface area contributed by atoms with Crippen LogP contribution < -0.4 is 0 Å². The van der Waals surface area contributed by atoms with Crippen molar-refractivity contribution in [3.8, 4) is 0 Å². The van der Waals surface area contributed by atoms with Gasteiger partial charge in [0.15, 0.2) is 0 Å². The summed E-state index contributed by atoms with van der Waals surface area (Å²) in [5.41, 5.74) is 0.476. The van der Waals surface area contributed by atoms with Gasteiger partial charge in [0.1, 0.15) is 0 Å². The molecule has 0 fully saturated rings. The number of carbonyl (C=O) groups is 3. The van der Waals surface area contributed by atoms with E-state index in [0.717, 1.165) is 18.9 Å². The Labute approximate surface area is 124 Å². The number of hydrogen-bond acceptors (Lipinski definition) is 3. The molecular formula is C15H22O6. The van der Waals surface area contributed by atoms with Crippen molar-refractivity contribution in [3.63, 3.8) is 0 Å². The molecule has 21 heavy (non-hydrogen) atoms. The fraction of sp³-hybridized carbons (Fsp3) is 0.400. The molecule has 0 unspecified atom stereocenters. The zero-order valence-electron chi connectivity index (χ0n) is 12.3. The largest absolute Gasteiger partial charge is 0.478 e. The van der Waals surface area contributed by atoms with Gasteiger partial charge in [-0.25, -0.2) is 14.4 Å². The minimum absolute atomic E-state index is 0.218. The maximum atomic E-state index is 10.8. The Balaban J connectivity index is 0. The van der Waals surface area contributed by atoms with Gasteiger partial charge >= 0.3 is 17.9 Å². The number of aliphatic carboxylic acids is 3. The lowest BCUT2D eigenvalue weighted by Gasteiger charge is -2.00. The van der Waals surface area contributed by atoms with E-state index < -0.39 is 17.9 Å². The molecule has 0 rings (SSSR count). The molecule has 0 aliphatic rings. The second-order valence-electron chi connectivity index (χ2n) is 3.99. The van der Waals surface area contributed by atoms with Crippen molar-refractivity contribution in [2.24, 2.45) is 0 Å². The highest BCUT2D eigenvalue weighted by molar-refractivity contribution is 5.89. The van der Waals surface area contributed by atoms with Crippen LogP contribution in [-0.2, 0) is 14.4 Å². The Kier molecular flexibility index (Phi) is 12.6. The minimum Gasteiger partial charge on any atom is -0.478 e. The normalized spacial score (nSPS) is 11.1. The Bertz CT molecular complexity index is 431. The Hall–Kier alpha value is -2.37. The number of carboxylic acids is 3. The second kappa shape index (κ2) is 12.7. The van der Waals surface area contributed by atoms with E-state index >= 15 is 0 Å². The van der Waals surface area contributed by atoms with Crippen LogP contribution in [0.1, 0.15) is 39.5 Å². The predicted octanol–water partition coefficient (Wildman–Crippen LogP) is 2.87. The number of rotatable bonds is 8. The quantitative estimate of drug-likeness (QED) is 0.469. The lowest BCUT2D eigenvalue weighted by Crippen LogP contribution is -2.02. The van der Waals surface area contributed by atoms with E-state index in [1.54, 1.807) is 6.92 Å². The first-order valence-corrected chi connectivity index (χ1v) is 6.51. The van der Waals surface area contributed by atoms with Crippen LogP contribution in [0.3, 0.4) is 0 Å². The summed E-state index contributed by atoms with van der Waals surface area (Å²) in [5, 5.41) is 25.2. The molecule has 0 heterocycles. The predicted molar refractivity (Wildman–Crippen MR) is 79.1 cm³/mol. The summed E-state index contributed by atoms with van der Waals surface area (Å²) >= 11 is 0. The van der Waals surface area contributed by atoms with Gasteiger partial charge in [0, 0.05) is 17.2 Å². The maximum Gasteiger partial charge on any atom is 0.331 e. The zero-order chi connectivity index (χ0) is 16.8. The van der Waals surface area contributed by atoms with Crippen LogP contribution in [0.15, 0.2) is 36.0 Å². The summed E-state index contributed by atoms with van der Waals surface area (Å²) in [5.74, 6) is -2.96. The van der Waals surface area contributed by atoms with E-state index in [2.05, 4.69) is 6.58 Å². The molecule has 0 aromatic carbocycles. The molecule has 0 aromatic rings. The average Bonchev–Trinajstić information content (AvgIpc) is 2.42. The van der Waals surface area contributed by atoms with Crippen molar-refractivity contribution in [1.82, 2.24) is 0 Å². The maximum absolute atomic E-state index is 10.8. The molecule has 0 aliphatic carbocycles. The van der Waals surface area contributed by atoms with Gasteiger partial charge in [0.25, 0.3) is 0 Å². The fourth-order valence-electron chi connectivity index (χ4n) is 1.17. The third-order valence-corrected chi connectivity index (χ3v) is 2.39. The Morgan fingerprint density at radius 1 is 0.952 bits per heavy atom. The SMILES string of the molecule is C=CC(=O)O.CCCCC(=CC=C(CC)C(=O)O)C(=O)O. The van der Waals surface area contributed by atoms with Gasteiger partial charge in [-0.05, 0) is 19.3 Å². The van der Waals surface area contributed by atoms with Crippen LogP contribution in [0.2, 0.25) is 0 Å². The molecule has 0 radical (unpaired) electrons. The van der Waals surface area contributed by atoms with Gasteiger partial charge < -0.3 is 15.3 Å². The monoisotopic (exact) mass is 298 g/mol. The molecule has 3 N–H and O–H groups in total. The molecule has 6 heteroatoms. The first kappa shape index (κ1) is 20.9. The molecule has 118 valence electrons. The molecule has 0 aliphatic heterocycles. The lowest BCUT2D eigenvalue weighted by atomic mass is 10.1. The molecule has 6 nitrogen and oxygen atoms in total. The van der Waals surface area contributed by atoms with Crippen LogP contribution in [-0.4, -0.2) is 33.2 Å². The van der Waals surface area contributed by atoms with Crippen LogP contribution in [0.4, 0.5) is 0 Å². The third kappa shape index (κ3) is 12.4. The van der Waals surface area contributed by atoms with Crippen LogP contribution in [0.5, 0.6) is 0 Å². The minimum atomic E-state index is -1.00. The average molecular weight is 298 g/mol. The van der Waals surface area contributed by atoms with Gasteiger partial charge in [-0.1, -0.05) is 39.0 Å². The number of allylic oxidation sites excluding steroid dienone is 2. The second-order valence-corrected chi connectivity index (χ2v) is 3.99. The third-order valence-electron chi connectivity index (χ3n) is 2.39. The number of hydrogen-bond donors (Lipinski definition) is 3. The van der Waals surface area contributed by atoms with Crippen molar-refractivity contribution in [2.45, 2.75) is 39.5 Å². The summed E-state index contributed by atoms with van der Waals surface area (Å²) in [6, 6.07) is 0.